The van der Waals surface area contributed by atoms with Crippen molar-refractivity contribution in [3.8, 4) is 0 Å². The summed E-state index contributed by atoms with van der Waals surface area (Å²) in [7, 11) is 0. The maximum Gasteiger partial charge on any atom is 0.225 e. The minimum absolute atomic E-state index is 0.0739. The molecule has 0 saturated carbocycles. The summed E-state index contributed by atoms with van der Waals surface area (Å²) in [6, 6.07) is 4.36. The van der Waals surface area contributed by atoms with Gasteiger partial charge >= 0.3 is 0 Å². The Morgan fingerprint density at radius 1 is 1.25 bits per heavy atom. The topological polar surface area (TPSA) is 84.0 Å². The first-order valence-corrected chi connectivity index (χ1v) is 11.8. The average molecular weight is 445 g/mol. The van der Waals surface area contributed by atoms with Crippen LogP contribution in [0.3, 0.4) is 0 Å². The molecule has 0 aromatic carbocycles. The van der Waals surface area contributed by atoms with Crippen molar-refractivity contribution in [2.75, 3.05) is 39.5 Å². The number of morpholine rings is 1. The van der Waals surface area contributed by atoms with Crippen LogP contribution in [0.1, 0.15) is 37.9 Å². The molecule has 0 radical (unpaired) electrons. The van der Waals surface area contributed by atoms with Gasteiger partial charge in [0, 0.05) is 56.8 Å². The van der Waals surface area contributed by atoms with Crippen molar-refractivity contribution in [2.45, 2.75) is 58.3 Å². The van der Waals surface area contributed by atoms with Crippen LogP contribution in [0.15, 0.2) is 18.3 Å². The molecule has 0 unspecified atom stereocenters. The van der Waals surface area contributed by atoms with Gasteiger partial charge in [0.25, 0.3) is 0 Å². The predicted molar refractivity (Wildman–Crippen MR) is 120 cm³/mol. The highest BCUT2D eigenvalue weighted by atomic mass is 16.5. The average Bonchev–Trinajstić information content (AvgIpc) is 3.31. The summed E-state index contributed by atoms with van der Waals surface area (Å²) in [6.07, 6.45) is 2.52. The lowest BCUT2D eigenvalue weighted by molar-refractivity contribution is -0.138. The summed E-state index contributed by atoms with van der Waals surface area (Å²) >= 11 is 0. The molecule has 3 fully saturated rings. The normalized spacial score (nSPS) is 28.2. The van der Waals surface area contributed by atoms with Gasteiger partial charge in [-0.05, 0) is 38.3 Å². The summed E-state index contributed by atoms with van der Waals surface area (Å²) < 4.78 is 11.6. The number of rotatable bonds is 7. The van der Waals surface area contributed by atoms with Gasteiger partial charge in [-0.2, -0.15) is 0 Å². The number of amides is 2. The zero-order valence-corrected chi connectivity index (χ0v) is 19.5. The number of fused-ring (bicyclic) bond motifs is 1. The summed E-state index contributed by atoms with van der Waals surface area (Å²) in [4.78, 5) is 34.4. The van der Waals surface area contributed by atoms with Gasteiger partial charge in [0.2, 0.25) is 11.8 Å². The molecule has 4 heterocycles. The molecule has 0 bridgehead atoms. The maximum absolute atomic E-state index is 12.9. The van der Waals surface area contributed by atoms with E-state index in [0.717, 1.165) is 18.8 Å². The van der Waals surface area contributed by atoms with E-state index in [2.05, 4.69) is 28.2 Å². The molecule has 3 aliphatic heterocycles. The Bertz CT molecular complexity index is 811. The Morgan fingerprint density at radius 2 is 2.03 bits per heavy atom. The molecule has 3 saturated heterocycles. The fourth-order valence-corrected chi connectivity index (χ4v) is 5.40. The molecule has 0 aliphatic carbocycles. The Kier molecular flexibility index (Phi) is 7.43. The summed E-state index contributed by atoms with van der Waals surface area (Å²) in [5, 5.41) is 3.03. The minimum atomic E-state index is -0.151. The second-order valence-electron chi connectivity index (χ2n) is 9.60. The van der Waals surface area contributed by atoms with Crippen LogP contribution in [-0.2, 0) is 25.6 Å². The van der Waals surface area contributed by atoms with E-state index in [0.29, 0.717) is 45.8 Å². The van der Waals surface area contributed by atoms with Crippen molar-refractivity contribution in [3.63, 3.8) is 0 Å². The van der Waals surface area contributed by atoms with Crippen LogP contribution in [0.5, 0.6) is 0 Å². The molecule has 8 heteroatoms. The molecule has 3 aliphatic rings. The fourth-order valence-electron chi connectivity index (χ4n) is 5.40. The predicted octanol–water partition coefficient (Wildman–Crippen LogP) is 1.37. The van der Waals surface area contributed by atoms with Crippen molar-refractivity contribution >= 4 is 11.8 Å². The Balaban J connectivity index is 1.48. The molecule has 1 aromatic rings. The number of hydrogen-bond acceptors (Lipinski definition) is 6. The van der Waals surface area contributed by atoms with Crippen LogP contribution in [0.25, 0.3) is 0 Å². The molecule has 32 heavy (non-hydrogen) atoms. The van der Waals surface area contributed by atoms with Crippen molar-refractivity contribution in [1.82, 2.24) is 20.1 Å². The first-order chi connectivity index (χ1) is 15.4. The maximum atomic E-state index is 12.9. The number of likely N-dealkylation sites (tertiary alicyclic amines) is 1. The number of nitrogens with zero attached hydrogens (tertiary/aromatic N) is 3. The van der Waals surface area contributed by atoms with Crippen LogP contribution >= 0.6 is 0 Å². The van der Waals surface area contributed by atoms with E-state index in [1.54, 1.807) is 0 Å². The van der Waals surface area contributed by atoms with Gasteiger partial charge < -0.3 is 19.7 Å². The van der Waals surface area contributed by atoms with Gasteiger partial charge in [0.05, 0.1) is 38.0 Å². The van der Waals surface area contributed by atoms with E-state index in [1.807, 2.05) is 31.0 Å². The largest absolute Gasteiger partial charge is 0.378 e. The third kappa shape index (κ3) is 5.30. The minimum Gasteiger partial charge on any atom is -0.378 e. The highest BCUT2D eigenvalue weighted by molar-refractivity contribution is 5.77. The third-order valence-electron chi connectivity index (χ3n) is 6.94. The van der Waals surface area contributed by atoms with Gasteiger partial charge in [-0.1, -0.05) is 6.07 Å². The lowest BCUT2D eigenvalue weighted by Gasteiger charge is -2.29. The van der Waals surface area contributed by atoms with Crippen LogP contribution < -0.4 is 5.32 Å². The molecule has 4 rings (SSSR count). The van der Waals surface area contributed by atoms with Crippen LogP contribution in [-0.4, -0.2) is 84.2 Å². The highest BCUT2D eigenvalue weighted by Crippen LogP contribution is 2.42. The van der Waals surface area contributed by atoms with Crippen LogP contribution in [0, 0.1) is 18.8 Å². The van der Waals surface area contributed by atoms with Crippen molar-refractivity contribution in [3.05, 3.63) is 29.6 Å². The number of pyridine rings is 1. The molecular weight excluding hydrogens is 408 g/mol. The fraction of sp³-hybridized carbons (Fsp3) is 0.708. The zero-order chi connectivity index (χ0) is 22.7. The monoisotopic (exact) mass is 444 g/mol. The van der Waals surface area contributed by atoms with Crippen LogP contribution in [0.4, 0.5) is 0 Å². The highest BCUT2D eigenvalue weighted by Gasteiger charge is 2.51. The van der Waals surface area contributed by atoms with Gasteiger partial charge in [0.1, 0.15) is 0 Å². The Hall–Kier alpha value is -2.03. The van der Waals surface area contributed by atoms with Crippen molar-refractivity contribution in [1.29, 1.82) is 0 Å². The third-order valence-corrected chi connectivity index (χ3v) is 6.94. The molecule has 4 atom stereocenters. The Labute approximate surface area is 190 Å². The summed E-state index contributed by atoms with van der Waals surface area (Å²) in [6.45, 7) is 10.7. The standard InChI is InChI=1S/C24H36N4O4/c1-16(2)26-22(29)11-18-13-28(14-19-17(3)5-4-6-25-19)20-15-32-21(24(18)20)12-23(30)27-7-9-31-10-8-27/h4-6,16,18,20-21,24H,7-15H2,1-3H3,(H,26,29)/t18-,20-,21+,24-/m1/s1. The SMILES string of the molecule is Cc1cccnc1CN1C[C@@H](CC(=O)NC(C)C)[C@H]2[C@H](CC(=O)N3CCOCC3)OC[C@H]21. The number of ether oxygens (including phenoxy) is 2. The molecule has 0 spiro atoms. The number of aromatic nitrogens is 1. The van der Waals surface area contributed by atoms with Crippen molar-refractivity contribution < 1.29 is 19.1 Å². The first kappa shape index (κ1) is 23.1. The number of nitrogens with one attached hydrogen (secondary N) is 1. The van der Waals surface area contributed by atoms with E-state index < -0.39 is 0 Å². The first-order valence-electron chi connectivity index (χ1n) is 11.8. The zero-order valence-electron chi connectivity index (χ0n) is 19.5. The van der Waals surface area contributed by atoms with E-state index >= 15 is 0 Å². The van der Waals surface area contributed by atoms with Crippen LogP contribution in [0.2, 0.25) is 0 Å². The van der Waals surface area contributed by atoms with Crippen molar-refractivity contribution in [2.24, 2.45) is 11.8 Å². The molecule has 2 amide bonds. The molecule has 1 aromatic heterocycles. The Morgan fingerprint density at radius 3 is 2.75 bits per heavy atom. The van der Waals surface area contributed by atoms with E-state index in [4.69, 9.17) is 9.47 Å². The lowest BCUT2D eigenvalue weighted by atomic mass is 9.84. The van der Waals surface area contributed by atoms with Gasteiger partial charge in [-0.25, -0.2) is 0 Å². The molecule has 176 valence electrons. The smallest absolute Gasteiger partial charge is 0.225 e. The van der Waals surface area contributed by atoms with Gasteiger partial charge in [-0.3, -0.25) is 19.5 Å². The van der Waals surface area contributed by atoms with E-state index in [1.165, 1.54) is 5.56 Å². The molecule has 1 N–H and O–H groups in total. The quantitative estimate of drug-likeness (QED) is 0.684. The lowest BCUT2D eigenvalue weighted by Crippen LogP contribution is -2.43. The molecular formula is C24H36N4O4. The second-order valence-corrected chi connectivity index (χ2v) is 9.60. The van der Waals surface area contributed by atoms with E-state index in [-0.39, 0.29) is 41.8 Å². The second kappa shape index (κ2) is 10.3. The number of carbonyl (C=O) groups is 2. The number of carbonyl (C=O) groups excluding carboxylic acids is 2. The number of aryl methyl sites for hydroxylation is 1. The summed E-state index contributed by atoms with van der Waals surface area (Å²) in [5.41, 5.74) is 2.23. The van der Waals surface area contributed by atoms with E-state index in [9.17, 15) is 9.59 Å². The van der Waals surface area contributed by atoms with Gasteiger partial charge in [0.15, 0.2) is 0 Å². The molecule has 8 nitrogen and oxygen atoms in total. The number of hydrogen-bond donors (Lipinski definition) is 1. The summed E-state index contributed by atoms with van der Waals surface area (Å²) in [5.74, 6) is 0.530. The van der Waals surface area contributed by atoms with Gasteiger partial charge in [-0.15, -0.1) is 0 Å².